The second-order valence-corrected chi connectivity index (χ2v) is 6.64. The van der Waals surface area contributed by atoms with Crippen molar-refractivity contribution in [2.45, 2.75) is 26.8 Å². The first kappa shape index (κ1) is 15.8. The molecule has 5 nitrogen and oxygen atoms in total. The third-order valence-corrected chi connectivity index (χ3v) is 5.10. The van der Waals surface area contributed by atoms with Gasteiger partial charge in [0.05, 0.1) is 11.4 Å². The lowest BCUT2D eigenvalue weighted by atomic mass is 10.2. The Bertz CT molecular complexity index is 585. The van der Waals surface area contributed by atoms with Crippen molar-refractivity contribution in [3.63, 3.8) is 0 Å². The molecule has 0 fully saturated rings. The summed E-state index contributed by atoms with van der Waals surface area (Å²) < 4.78 is 25.2. The van der Waals surface area contributed by atoms with Gasteiger partial charge in [-0.2, -0.15) is 0 Å². The highest BCUT2D eigenvalue weighted by atomic mass is 35.5. The van der Waals surface area contributed by atoms with Gasteiger partial charge in [0.15, 0.2) is 0 Å². The number of sulfonamides is 1. The van der Waals surface area contributed by atoms with E-state index in [9.17, 15) is 13.2 Å². The smallest absolute Gasteiger partial charge is 0.327 e. The summed E-state index contributed by atoms with van der Waals surface area (Å²) in [4.78, 5) is 11.1. The molecular weight excluding hydrogens is 290 g/mol. The number of carboxylic acids is 1. The Morgan fingerprint density at radius 3 is 2.53 bits per heavy atom. The van der Waals surface area contributed by atoms with Gasteiger partial charge in [0, 0.05) is 5.02 Å². The molecule has 0 aliphatic carbocycles. The minimum Gasteiger partial charge on any atom is -0.480 e. The number of rotatable bonds is 5. The topological polar surface area (TPSA) is 74.7 Å². The highest BCUT2D eigenvalue weighted by Crippen LogP contribution is 2.30. The van der Waals surface area contributed by atoms with Gasteiger partial charge in [-0.05, 0) is 38.5 Å². The van der Waals surface area contributed by atoms with Crippen molar-refractivity contribution < 1.29 is 18.3 Å². The van der Waals surface area contributed by atoms with E-state index in [-0.39, 0.29) is 5.75 Å². The van der Waals surface area contributed by atoms with Gasteiger partial charge in [-0.25, -0.2) is 13.2 Å². The van der Waals surface area contributed by atoms with Crippen LogP contribution in [0.4, 0.5) is 5.69 Å². The van der Waals surface area contributed by atoms with Crippen molar-refractivity contribution in [3.8, 4) is 0 Å². The summed E-state index contributed by atoms with van der Waals surface area (Å²) in [6.07, 6.45) is 0. The summed E-state index contributed by atoms with van der Waals surface area (Å²) in [6.45, 7) is 4.46. The molecule has 7 heteroatoms. The van der Waals surface area contributed by atoms with E-state index in [1.165, 1.54) is 13.8 Å². The predicted molar refractivity (Wildman–Crippen MR) is 75.2 cm³/mol. The molecule has 0 heterocycles. The normalized spacial score (nSPS) is 13.1. The van der Waals surface area contributed by atoms with Crippen LogP contribution in [-0.2, 0) is 14.8 Å². The zero-order valence-corrected chi connectivity index (χ0v) is 12.5. The van der Waals surface area contributed by atoms with Crippen LogP contribution in [0.25, 0.3) is 0 Å². The second kappa shape index (κ2) is 5.79. The Balaban J connectivity index is 3.49. The molecule has 1 unspecified atom stereocenters. The van der Waals surface area contributed by atoms with Gasteiger partial charge in [0.2, 0.25) is 10.0 Å². The van der Waals surface area contributed by atoms with Crippen LogP contribution in [0, 0.1) is 6.92 Å². The number of carbonyl (C=O) groups is 1. The molecule has 1 N–H and O–H groups in total. The van der Waals surface area contributed by atoms with E-state index in [4.69, 9.17) is 16.7 Å². The molecule has 0 bridgehead atoms. The molecular formula is C12H16ClNO4S. The van der Waals surface area contributed by atoms with E-state index in [0.717, 1.165) is 4.31 Å². The first-order valence-corrected chi connectivity index (χ1v) is 7.71. The minimum absolute atomic E-state index is 0.184. The van der Waals surface area contributed by atoms with Gasteiger partial charge in [-0.3, -0.25) is 4.31 Å². The molecule has 1 atom stereocenters. The quantitative estimate of drug-likeness (QED) is 0.905. The Kier molecular flexibility index (Phi) is 4.81. The van der Waals surface area contributed by atoms with Crippen molar-refractivity contribution in [2.24, 2.45) is 0 Å². The van der Waals surface area contributed by atoms with E-state index in [2.05, 4.69) is 0 Å². The van der Waals surface area contributed by atoms with Crippen LogP contribution < -0.4 is 4.31 Å². The number of aliphatic carboxylic acids is 1. The first-order valence-electron chi connectivity index (χ1n) is 5.72. The van der Waals surface area contributed by atoms with Gasteiger partial charge in [0.1, 0.15) is 6.04 Å². The van der Waals surface area contributed by atoms with Crippen LogP contribution in [0.3, 0.4) is 0 Å². The van der Waals surface area contributed by atoms with E-state index in [0.29, 0.717) is 16.3 Å². The fraction of sp³-hybridized carbons (Fsp3) is 0.417. The fourth-order valence-electron chi connectivity index (χ4n) is 1.67. The molecule has 19 heavy (non-hydrogen) atoms. The molecule has 0 aliphatic heterocycles. The summed E-state index contributed by atoms with van der Waals surface area (Å²) in [6, 6.07) is 3.58. The van der Waals surface area contributed by atoms with Crippen LogP contribution in [0.1, 0.15) is 19.4 Å². The molecule has 0 saturated carbocycles. The Labute approximate surface area is 117 Å². The molecule has 1 rings (SSSR count). The number of anilines is 1. The van der Waals surface area contributed by atoms with Gasteiger partial charge in [-0.1, -0.05) is 17.7 Å². The average Bonchev–Trinajstić information content (AvgIpc) is 2.34. The van der Waals surface area contributed by atoms with E-state index >= 15 is 0 Å². The minimum atomic E-state index is -3.70. The highest BCUT2D eigenvalue weighted by Gasteiger charge is 2.31. The van der Waals surface area contributed by atoms with Crippen molar-refractivity contribution in [2.75, 3.05) is 10.1 Å². The summed E-state index contributed by atoms with van der Waals surface area (Å²) in [7, 11) is -3.70. The van der Waals surface area contributed by atoms with E-state index in [1.807, 2.05) is 0 Å². The third kappa shape index (κ3) is 3.19. The van der Waals surface area contributed by atoms with Crippen LogP contribution in [0.2, 0.25) is 5.02 Å². The fourth-order valence-corrected chi connectivity index (χ4v) is 3.19. The largest absolute Gasteiger partial charge is 0.480 e. The van der Waals surface area contributed by atoms with Gasteiger partial charge in [0.25, 0.3) is 0 Å². The molecule has 1 aromatic carbocycles. The Morgan fingerprint density at radius 1 is 1.47 bits per heavy atom. The monoisotopic (exact) mass is 305 g/mol. The van der Waals surface area contributed by atoms with E-state index < -0.39 is 22.0 Å². The Morgan fingerprint density at radius 2 is 2.05 bits per heavy atom. The maximum atomic E-state index is 12.1. The van der Waals surface area contributed by atoms with Crippen molar-refractivity contribution in [1.82, 2.24) is 0 Å². The van der Waals surface area contributed by atoms with E-state index in [1.54, 1.807) is 25.1 Å². The molecule has 0 saturated heterocycles. The summed E-state index contributed by atoms with van der Waals surface area (Å²) >= 11 is 5.97. The summed E-state index contributed by atoms with van der Waals surface area (Å²) in [5, 5.41) is 9.49. The van der Waals surface area contributed by atoms with Crippen molar-refractivity contribution in [1.29, 1.82) is 0 Å². The molecule has 0 aliphatic rings. The standard InChI is InChI=1S/C12H16ClNO4S/c1-4-19(17,18)14(9(3)12(15)16)11-7-5-6-10(13)8(11)2/h5-7,9H,4H2,1-3H3,(H,15,16). The molecule has 106 valence electrons. The van der Waals surface area contributed by atoms with Gasteiger partial charge in [-0.15, -0.1) is 0 Å². The predicted octanol–water partition coefficient (Wildman–Crippen LogP) is 2.28. The van der Waals surface area contributed by atoms with Gasteiger partial charge >= 0.3 is 5.97 Å². The number of benzene rings is 1. The molecule has 1 aromatic rings. The summed E-state index contributed by atoms with van der Waals surface area (Å²) in [5.74, 6) is -1.40. The SMILES string of the molecule is CCS(=O)(=O)N(c1cccc(Cl)c1C)C(C)C(=O)O. The number of hydrogen-bond donors (Lipinski definition) is 1. The van der Waals surface area contributed by atoms with Crippen molar-refractivity contribution >= 4 is 33.3 Å². The summed E-state index contributed by atoms with van der Waals surface area (Å²) in [5.41, 5.74) is 0.832. The van der Waals surface area contributed by atoms with Crippen LogP contribution in [-0.4, -0.2) is 31.3 Å². The van der Waals surface area contributed by atoms with Crippen LogP contribution in [0.15, 0.2) is 18.2 Å². The Hall–Kier alpha value is -1.27. The lowest BCUT2D eigenvalue weighted by molar-refractivity contribution is -0.137. The molecule has 0 radical (unpaired) electrons. The van der Waals surface area contributed by atoms with Crippen LogP contribution >= 0.6 is 11.6 Å². The zero-order valence-electron chi connectivity index (χ0n) is 10.9. The number of carboxylic acid groups (broad SMARTS) is 1. The maximum absolute atomic E-state index is 12.1. The number of halogens is 1. The average molecular weight is 306 g/mol. The molecule has 0 spiro atoms. The third-order valence-electron chi connectivity index (χ3n) is 2.85. The van der Waals surface area contributed by atoms with Crippen molar-refractivity contribution in [3.05, 3.63) is 28.8 Å². The lowest BCUT2D eigenvalue weighted by Crippen LogP contribution is -2.44. The zero-order chi connectivity index (χ0) is 14.8. The second-order valence-electron chi connectivity index (χ2n) is 4.09. The number of hydrogen-bond acceptors (Lipinski definition) is 3. The highest BCUT2D eigenvalue weighted by molar-refractivity contribution is 7.92. The van der Waals surface area contributed by atoms with Crippen LogP contribution in [0.5, 0.6) is 0 Å². The molecule has 0 amide bonds. The maximum Gasteiger partial charge on any atom is 0.327 e. The van der Waals surface area contributed by atoms with Gasteiger partial charge < -0.3 is 5.11 Å². The first-order chi connectivity index (χ1) is 8.72. The number of nitrogens with zero attached hydrogens (tertiary/aromatic N) is 1. The lowest BCUT2D eigenvalue weighted by Gasteiger charge is -2.29. The molecule has 0 aromatic heterocycles.